The number of halogens is 2. The van der Waals surface area contributed by atoms with Gasteiger partial charge in [-0.25, -0.2) is 0 Å². The van der Waals surface area contributed by atoms with E-state index in [0.29, 0.717) is 28.9 Å². The van der Waals surface area contributed by atoms with Crippen molar-refractivity contribution < 1.29 is 4.74 Å². The highest BCUT2D eigenvalue weighted by Crippen LogP contribution is 2.24. The molecule has 0 heterocycles. The monoisotopic (exact) mass is 305 g/mol. The Kier molecular flexibility index (Phi) is 5.31. The first-order valence-corrected chi connectivity index (χ1v) is 6.80. The number of hydrogen-bond donors (Lipinski definition) is 1. The van der Waals surface area contributed by atoms with Crippen molar-refractivity contribution in [2.75, 3.05) is 6.54 Å². The van der Waals surface area contributed by atoms with Gasteiger partial charge in [0.25, 0.3) is 0 Å². The van der Waals surface area contributed by atoms with Gasteiger partial charge in [0.2, 0.25) is 0 Å². The molecule has 0 atom stereocenters. The summed E-state index contributed by atoms with van der Waals surface area (Å²) in [5, 5.41) is 1.11. The number of benzene rings is 2. The van der Waals surface area contributed by atoms with E-state index in [4.69, 9.17) is 33.7 Å². The highest BCUT2D eigenvalue weighted by atomic mass is 35.5. The minimum Gasteiger partial charge on any atom is -0.489 e. The van der Waals surface area contributed by atoms with E-state index in [0.717, 1.165) is 11.1 Å². The molecule has 2 aromatic rings. The molecule has 0 unspecified atom stereocenters. The van der Waals surface area contributed by atoms with E-state index in [-0.39, 0.29) is 0 Å². The van der Waals surface area contributed by atoms with Gasteiger partial charge in [-0.2, -0.15) is 0 Å². The predicted octanol–water partition coefficient (Wildman–Crippen LogP) is 3.88. The molecule has 0 aliphatic rings. The molecule has 0 aromatic heterocycles. The van der Waals surface area contributed by atoms with E-state index in [1.807, 2.05) is 24.3 Å². The van der Waals surface area contributed by atoms with Crippen molar-refractivity contribution in [3.8, 4) is 17.6 Å². The van der Waals surface area contributed by atoms with Crippen molar-refractivity contribution in [2.45, 2.75) is 6.61 Å². The van der Waals surface area contributed by atoms with Crippen LogP contribution in [0.15, 0.2) is 42.5 Å². The first-order valence-electron chi connectivity index (χ1n) is 6.04. The maximum atomic E-state index is 5.91. The first kappa shape index (κ1) is 14.7. The van der Waals surface area contributed by atoms with Crippen LogP contribution >= 0.6 is 23.2 Å². The predicted molar refractivity (Wildman–Crippen MR) is 83.2 cm³/mol. The van der Waals surface area contributed by atoms with Crippen molar-refractivity contribution in [3.05, 3.63) is 63.6 Å². The van der Waals surface area contributed by atoms with Gasteiger partial charge >= 0.3 is 0 Å². The zero-order valence-corrected chi connectivity index (χ0v) is 12.2. The largest absolute Gasteiger partial charge is 0.489 e. The molecule has 2 aromatic carbocycles. The van der Waals surface area contributed by atoms with Gasteiger partial charge in [0, 0.05) is 15.6 Å². The maximum absolute atomic E-state index is 5.91. The first-order chi connectivity index (χ1) is 9.67. The summed E-state index contributed by atoms with van der Waals surface area (Å²) in [5.74, 6) is 6.43. The summed E-state index contributed by atoms with van der Waals surface area (Å²) in [6.45, 7) is 0.807. The summed E-state index contributed by atoms with van der Waals surface area (Å²) in [6.07, 6.45) is 0. The number of nitrogens with two attached hydrogens (primary N) is 1. The second kappa shape index (κ2) is 7.21. The SMILES string of the molecule is NCC#Cc1ccc(COc2cc(Cl)cc(Cl)c2)cc1. The van der Waals surface area contributed by atoms with E-state index >= 15 is 0 Å². The van der Waals surface area contributed by atoms with Gasteiger partial charge in [-0.3, -0.25) is 0 Å². The van der Waals surface area contributed by atoms with Crippen molar-refractivity contribution >= 4 is 23.2 Å². The van der Waals surface area contributed by atoms with Crippen molar-refractivity contribution in [3.63, 3.8) is 0 Å². The fourth-order valence-corrected chi connectivity index (χ4v) is 2.12. The smallest absolute Gasteiger partial charge is 0.122 e. The summed E-state index contributed by atoms with van der Waals surface area (Å²) in [6, 6.07) is 12.9. The van der Waals surface area contributed by atoms with E-state index in [2.05, 4.69) is 11.8 Å². The lowest BCUT2D eigenvalue weighted by Crippen LogP contribution is -1.96. The van der Waals surface area contributed by atoms with Crippen LogP contribution in [0.4, 0.5) is 0 Å². The molecular formula is C16H13Cl2NO. The van der Waals surface area contributed by atoms with Crippen molar-refractivity contribution in [1.29, 1.82) is 0 Å². The Morgan fingerprint density at radius 1 is 1.00 bits per heavy atom. The Balaban J connectivity index is 2.00. The van der Waals surface area contributed by atoms with E-state index < -0.39 is 0 Å². The Morgan fingerprint density at radius 3 is 2.25 bits per heavy atom. The van der Waals surface area contributed by atoms with Crippen LogP contribution in [-0.4, -0.2) is 6.54 Å². The third-order valence-corrected chi connectivity index (χ3v) is 2.97. The molecule has 0 radical (unpaired) electrons. The number of ether oxygens (including phenoxy) is 1. The molecule has 2 rings (SSSR count). The standard InChI is InChI=1S/C16H13Cl2NO/c17-14-8-15(18)10-16(9-14)20-11-13-5-3-12(4-6-13)2-1-7-19/h3-6,8-10H,7,11,19H2. The average Bonchev–Trinajstić information content (AvgIpc) is 2.43. The average molecular weight is 306 g/mol. The van der Waals surface area contributed by atoms with E-state index in [9.17, 15) is 0 Å². The fraction of sp³-hybridized carbons (Fsp3) is 0.125. The molecule has 0 saturated carbocycles. The molecular weight excluding hydrogens is 293 g/mol. The van der Waals surface area contributed by atoms with Gasteiger partial charge in [-0.1, -0.05) is 47.2 Å². The van der Waals surface area contributed by atoms with Gasteiger partial charge in [-0.05, 0) is 35.9 Å². The Bertz CT molecular complexity index is 622. The lowest BCUT2D eigenvalue weighted by molar-refractivity contribution is 0.306. The molecule has 0 saturated heterocycles. The molecule has 2 nitrogen and oxygen atoms in total. The van der Waals surface area contributed by atoms with Gasteiger partial charge < -0.3 is 10.5 Å². The van der Waals surface area contributed by atoms with Crippen molar-refractivity contribution in [1.82, 2.24) is 0 Å². The van der Waals surface area contributed by atoms with Gasteiger partial charge in [-0.15, -0.1) is 0 Å². The van der Waals surface area contributed by atoms with Crippen LogP contribution in [0.1, 0.15) is 11.1 Å². The Hall–Kier alpha value is -1.66. The van der Waals surface area contributed by atoms with Crippen LogP contribution in [-0.2, 0) is 6.61 Å². The third-order valence-electron chi connectivity index (χ3n) is 2.53. The van der Waals surface area contributed by atoms with Crippen molar-refractivity contribution in [2.24, 2.45) is 5.73 Å². The topological polar surface area (TPSA) is 35.2 Å². The molecule has 0 spiro atoms. The Morgan fingerprint density at radius 2 is 1.65 bits per heavy atom. The third kappa shape index (κ3) is 4.47. The van der Waals surface area contributed by atoms with Crippen LogP contribution < -0.4 is 10.5 Å². The summed E-state index contributed by atoms with van der Waals surface area (Å²) >= 11 is 11.8. The van der Waals surface area contributed by atoms with E-state index in [1.54, 1.807) is 18.2 Å². The van der Waals surface area contributed by atoms with Crippen LogP contribution in [0.5, 0.6) is 5.75 Å². The van der Waals surface area contributed by atoms with Gasteiger partial charge in [0.1, 0.15) is 12.4 Å². The minimum absolute atomic E-state index is 0.361. The normalized spacial score (nSPS) is 9.75. The van der Waals surface area contributed by atoms with E-state index in [1.165, 1.54) is 0 Å². The molecule has 0 bridgehead atoms. The molecule has 20 heavy (non-hydrogen) atoms. The molecule has 0 aliphatic carbocycles. The summed E-state index contributed by atoms with van der Waals surface area (Å²) in [5.41, 5.74) is 7.30. The summed E-state index contributed by atoms with van der Waals surface area (Å²) in [7, 11) is 0. The zero-order chi connectivity index (χ0) is 14.4. The number of rotatable bonds is 3. The van der Waals surface area contributed by atoms with Gasteiger partial charge in [0.05, 0.1) is 6.54 Å². The second-order valence-electron chi connectivity index (χ2n) is 4.10. The lowest BCUT2D eigenvalue weighted by atomic mass is 10.1. The zero-order valence-electron chi connectivity index (χ0n) is 10.7. The highest BCUT2D eigenvalue weighted by Gasteiger charge is 2.00. The quantitative estimate of drug-likeness (QED) is 0.873. The number of hydrogen-bond acceptors (Lipinski definition) is 2. The maximum Gasteiger partial charge on any atom is 0.122 e. The van der Waals surface area contributed by atoms with Crippen LogP contribution in [0.2, 0.25) is 10.0 Å². The van der Waals surface area contributed by atoms with Gasteiger partial charge in [0.15, 0.2) is 0 Å². The molecule has 0 fully saturated rings. The summed E-state index contributed by atoms with van der Waals surface area (Å²) < 4.78 is 5.65. The summed E-state index contributed by atoms with van der Waals surface area (Å²) in [4.78, 5) is 0. The molecule has 0 amide bonds. The minimum atomic E-state index is 0.361. The Labute approximate surface area is 128 Å². The van der Waals surface area contributed by atoms with Crippen LogP contribution in [0.3, 0.4) is 0 Å². The highest BCUT2D eigenvalue weighted by molar-refractivity contribution is 6.34. The lowest BCUT2D eigenvalue weighted by Gasteiger charge is -2.07. The van der Waals surface area contributed by atoms with Crippen LogP contribution in [0.25, 0.3) is 0 Å². The molecule has 102 valence electrons. The van der Waals surface area contributed by atoms with Crippen LogP contribution in [0, 0.1) is 11.8 Å². The molecule has 4 heteroatoms. The molecule has 2 N–H and O–H groups in total. The fourth-order valence-electron chi connectivity index (χ4n) is 1.62. The second-order valence-corrected chi connectivity index (χ2v) is 4.97. The molecule has 0 aliphatic heterocycles.